The maximum atomic E-state index is 13.2. The van der Waals surface area contributed by atoms with Gasteiger partial charge in [0.05, 0.1) is 20.6 Å². The van der Waals surface area contributed by atoms with Gasteiger partial charge in [-0.2, -0.15) is 13.2 Å². The van der Waals surface area contributed by atoms with E-state index in [9.17, 15) is 13.2 Å². The first-order chi connectivity index (χ1) is 9.21. The van der Waals surface area contributed by atoms with Crippen LogP contribution in [0.1, 0.15) is 5.56 Å². The molecule has 2 aromatic carbocycles. The Kier molecular flexibility index (Phi) is 4.79. The lowest BCUT2D eigenvalue weighted by atomic mass is 9.99. The van der Waals surface area contributed by atoms with Crippen LogP contribution in [0.5, 0.6) is 0 Å². The fraction of sp³-hybridized carbons (Fsp3) is 0.0769. The normalized spacial score (nSPS) is 11.8. The number of benzene rings is 2. The quantitative estimate of drug-likeness (QED) is 0.326. The summed E-state index contributed by atoms with van der Waals surface area (Å²) in [5, 5.41) is 0.273. The Labute approximate surface area is 142 Å². The van der Waals surface area contributed by atoms with Crippen LogP contribution < -0.4 is 0 Å². The van der Waals surface area contributed by atoms with E-state index < -0.39 is 11.7 Å². The summed E-state index contributed by atoms with van der Waals surface area (Å²) in [6, 6.07) is 6.80. The summed E-state index contributed by atoms with van der Waals surface area (Å²) in [5.74, 6) is 0. The summed E-state index contributed by atoms with van der Waals surface area (Å²) in [6.07, 6.45) is -4.51. The molecule has 0 unspecified atom stereocenters. The third-order valence-electron chi connectivity index (χ3n) is 2.60. The average molecular weight is 451 g/mol. The number of alkyl halides is 3. The van der Waals surface area contributed by atoms with E-state index in [1.54, 1.807) is 6.07 Å². The molecule has 0 aliphatic heterocycles. The van der Waals surface area contributed by atoms with E-state index in [2.05, 4.69) is 0 Å². The molecular weight excluding hydrogens is 446 g/mol. The first-order valence-electron chi connectivity index (χ1n) is 5.22. The largest absolute Gasteiger partial charge is 0.417 e. The third kappa shape index (κ3) is 3.18. The molecule has 0 saturated heterocycles. The molecule has 0 spiro atoms. The highest BCUT2D eigenvalue weighted by molar-refractivity contribution is 14.1. The Morgan fingerprint density at radius 1 is 0.900 bits per heavy atom. The topological polar surface area (TPSA) is 0 Å². The Morgan fingerprint density at radius 2 is 1.50 bits per heavy atom. The molecule has 106 valence electrons. The molecule has 2 rings (SSSR count). The zero-order valence-corrected chi connectivity index (χ0v) is 14.0. The molecule has 0 amide bonds. The number of hydrogen-bond donors (Lipinski definition) is 0. The average Bonchev–Trinajstić information content (AvgIpc) is 2.35. The van der Waals surface area contributed by atoms with Crippen molar-refractivity contribution in [2.45, 2.75) is 6.18 Å². The summed E-state index contributed by atoms with van der Waals surface area (Å²) < 4.78 is 39.9. The van der Waals surface area contributed by atoms with Gasteiger partial charge in [-0.1, -0.05) is 40.9 Å². The molecule has 0 radical (unpaired) electrons. The van der Waals surface area contributed by atoms with Crippen molar-refractivity contribution in [3.05, 3.63) is 54.5 Å². The number of hydrogen-bond acceptors (Lipinski definition) is 0. The van der Waals surface area contributed by atoms with Crippen molar-refractivity contribution < 1.29 is 13.2 Å². The van der Waals surface area contributed by atoms with Gasteiger partial charge in [0, 0.05) is 9.13 Å². The summed E-state index contributed by atoms with van der Waals surface area (Å²) in [5.41, 5.74) is -0.796. The second-order valence-electron chi connectivity index (χ2n) is 3.91. The second kappa shape index (κ2) is 5.91. The van der Waals surface area contributed by atoms with Crippen LogP contribution in [0.4, 0.5) is 13.2 Å². The maximum absolute atomic E-state index is 13.2. The standard InChI is InChI=1S/C13H5Cl3F3I/c14-9-3-4-10(15)12(16)11(9)7-2-1-6(20)5-8(7)13(17,18)19/h1-5H. The van der Waals surface area contributed by atoms with Crippen LogP contribution in [-0.2, 0) is 6.18 Å². The molecular formula is C13H5Cl3F3I. The summed E-state index contributed by atoms with van der Waals surface area (Å²) >= 11 is 19.7. The Morgan fingerprint density at radius 3 is 2.10 bits per heavy atom. The van der Waals surface area contributed by atoms with Crippen LogP contribution in [0.3, 0.4) is 0 Å². The highest BCUT2D eigenvalue weighted by atomic mass is 127. The SMILES string of the molecule is FC(F)(F)c1cc(I)ccc1-c1c(Cl)ccc(Cl)c1Cl. The minimum Gasteiger partial charge on any atom is -0.166 e. The Balaban J connectivity index is 2.81. The minimum atomic E-state index is -4.51. The van der Waals surface area contributed by atoms with Crippen molar-refractivity contribution in [3.63, 3.8) is 0 Å². The Hall–Kier alpha value is -0.170. The van der Waals surface area contributed by atoms with Gasteiger partial charge in [-0.15, -0.1) is 0 Å². The fourth-order valence-electron chi connectivity index (χ4n) is 1.74. The number of rotatable bonds is 1. The Bertz CT molecular complexity index is 669. The fourth-order valence-corrected chi connectivity index (χ4v) is 2.97. The summed E-state index contributed by atoms with van der Waals surface area (Å²) in [6.45, 7) is 0. The zero-order valence-electron chi connectivity index (χ0n) is 9.53. The lowest BCUT2D eigenvalue weighted by Crippen LogP contribution is -2.08. The highest BCUT2D eigenvalue weighted by Gasteiger charge is 2.35. The van der Waals surface area contributed by atoms with E-state index in [-0.39, 0.29) is 26.2 Å². The van der Waals surface area contributed by atoms with Crippen molar-refractivity contribution in [1.29, 1.82) is 0 Å². The molecule has 0 nitrogen and oxygen atoms in total. The third-order valence-corrected chi connectivity index (χ3v) is 4.39. The van der Waals surface area contributed by atoms with Gasteiger partial charge in [-0.3, -0.25) is 0 Å². The van der Waals surface area contributed by atoms with Gasteiger partial charge in [-0.25, -0.2) is 0 Å². The first kappa shape index (κ1) is 16.2. The van der Waals surface area contributed by atoms with E-state index in [4.69, 9.17) is 34.8 Å². The van der Waals surface area contributed by atoms with Crippen molar-refractivity contribution in [2.75, 3.05) is 0 Å². The molecule has 0 atom stereocenters. The van der Waals surface area contributed by atoms with Crippen LogP contribution >= 0.6 is 57.4 Å². The van der Waals surface area contributed by atoms with Gasteiger partial charge < -0.3 is 0 Å². The second-order valence-corrected chi connectivity index (χ2v) is 6.34. The maximum Gasteiger partial charge on any atom is 0.417 e. The van der Waals surface area contributed by atoms with Gasteiger partial charge in [-0.05, 0) is 52.4 Å². The van der Waals surface area contributed by atoms with Crippen molar-refractivity contribution in [2.24, 2.45) is 0 Å². The van der Waals surface area contributed by atoms with Gasteiger partial charge in [0.25, 0.3) is 0 Å². The van der Waals surface area contributed by atoms with E-state index >= 15 is 0 Å². The van der Waals surface area contributed by atoms with Gasteiger partial charge in [0.2, 0.25) is 0 Å². The van der Waals surface area contributed by atoms with Gasteiger partial charge in [0.15, 0.2) is 0 Å². The molecule has 0 fully saturated rings. The zero-order chi connectivity index (χ0) is 15.1. The van der Waals surface area contributed by atoms with E-state index in [0.717, 1.165) is 6.07 Å². The predicted molar refractivity (Wildman–Crippen MR) is 84.6 cm³/mol. The predicted octanol–water partition coefficient (Wildman–Crippen LogP) is 6.94. The molecule has 0 saturated carbocycles. The summed E-state index contributed by atoms with van der Waals surface area (Å²) in [7, 11) is 0. The van der Waals surface area contributed by atoms with Gasteiger partial charge in [0.1, 0.15) is 0 Å². The van der Waals surface area contributed by atoms with Crippen molar-refractivity contribution in [1.82, 2.24) is 0 Å². The van der Waals surface area contributed by atoms with E-state index in [1.165, 1.54) is 18.2 Å². The molecule has 0 bridgehead atoms. The van der Waals surface area contributed by atoms with Crippen LogP contribution in [0.2, 0.25) is 15.1 Å². The highest BCUT2D eigenvalue weighted by Crippen LogP contribution is 2.44. The molecule has 0 aliphatic carbocycles. The minimum absolute atomic E-state index is 0.00544. The van der Waals surface area contributed by atoms with Crippen molar-refractivity contribution in [3.8, 4) is 11.1 Å². The molecule has 2 aromatic rings. The lowest BCUT2D eigenvalue weighted by molar-refractivity contribution is -0.137. The smallest absolute Gasteiger partial charge is 0.166 e. The number of halogens is 7. The van der Waals surface area contributed by atoms with E-state index in [1.807, 2.05) is 22.6 Å². The van der Waals surface area contributed by atoms with Gasteiger partial charge >= 0.3 is 6.18 Å². The molecule has 0 aliphatic rings. The van der Waals surface area contributed by atoms with Crippen molar-refractivity contribution >= 4 is 57.4 Å². The molecule has 20 heavy (non-hydrogen) atoms. The monoisotopic (exact) mass is 450 g/mol. The molecule has 0 aromatic heterocycles. The molecule has 0 N–H and O–H groups in total. The summed E-state index contributed by atoms with van der Waals surface area (Å²) in [4.78, 5) is 0. The van der Waals surface area contributed by atoms with Crippen LogP contribution in [-0.4, -0.2) is 0 Å². The lowest BCUT2D eigenvalue weighted by Gasteiger charge is -2.16. The van der Waals surface area contributed by atoms with Crippen LogP contribution in [0.15, 0.2) is 30.3 Å². The first-order valence-corrected chi connectivity index (χ1v) is 7.43. The molecule has 7 heteroatoms. The van der Waals surface area contributed by atoms with E-state index in [0.29, 0.717) is 3.57 Å². The van der Waals surface area contributed by atoms with Crippen LogP contribution in [0.25, 0.3) is 11.1 Å². The van der Waals surface area contributed by atoms with Crippen LogP contribution in [0, 0.1) is 3.57 Å². The molecule has 0 heterocycles.